The Kier molecular flexibility index (Phi) is 5.50. The number of fused-ring (bicyclic) bond motifs is 1. The monoisotopic (exact) mass is 376 g/mol. The van der Waals surface area contributed by atoms with Crippen LogP contribution in [0.2, 0.25) is 5.02 Å². The zero-order valence-corrected chi connectivity index (χ0v) is 15.1. The third-order valence-electron chi connectivity index (χ3n) is 3.77. The summed E-state index contributed by atoms with van der Waals surface area (Å²) in [7, 11) is 0. The van der Waals surface area contributed by atoms with E-state index in [1.165, 1.54) is 4.57 Å². The summed E-state index contributed by atoms with van der Waals surface area (Å²) in [4.78, 5) is 25.5. The van der Waals surface area contributed by atoms with E-state index >= 15 is 0 Å². The van der Waals surface area contributed by atoms with Crippen LogP contribution < -0.4 is 11.1 Å². The number of carbonyl (C=O) groups excluding carboxylic acids is 1. The van der Waals surface area contributed by atoms with Gasteiger partial charge in [-0.1, -0.05) is 23.7 Å². The molecule has 1 N–H and O–H groups in total. The number of para-hydroxylation sites is 2. The lowest BCUT2D eigenvalue weighted by Crippen LogP contribution is -2.35. The molecule has 0 saturated carbocycles. The van der Waals surface area contributed by atoms with Crippen LogP contribution in [0.4, 0.5) is 0 Å². The lowest BCUT2D eigenvalue weighted by Gasteiger charge is -2.13. The van der Waals surface area contributed by atoms with Gasteiger partial charge in [-0.3, -0.25) is 9.36 Å². The molecule has 3 rings (SSSR count). The van der Waals surface area contributed by atoms with Crippen LogP contribution >= 0.6 is 23.4 Å². The van der Waals surface area contributed by atoms with Crippen LogP contribution in [0.1, 0.15) is 13.0 Å². The predicted octanol–water partition coefficient (Wildman–Crippen LogP) is 3.72. The van der Waals surface area contributed by atoms with Gasteiger partial charge in [-0.25, -0.2) is 4.79 Å². The number of thioether (sulfide) groups is 1. The molecule has 0 aliphatic rings. The van der Waals surface area contributed by atoms with Gasteiger partial charge in [0.05, 0.1) is 5.52 Å². The van der Waals surface area contributed by atoms with E-state index in [0.717, 1.165) is 10.6 Å². The molecule has 0 spiro atoms. The van der Waals surface area contributed by atoms with Crippen molar-refractivity contribution in [3.8, 4) is 0 Å². The first-order chi connectivity index (χ1) is 12.1. The van der Waals surface area contributed by atoms with E-state index in [9.17, 15) is 9.59 Å². The van der Waals surface area contributed by atoms with E-state index in [2.05, 4.69) is 5.32 Å². The maximum atomic E-state index is 12.4. The highest BCUT2D eigenvalue weighted by Gasteiger charge is 2.20. The molecule has 7 heteroatoms. The Bertz CT molecular complexity index is 933. The van der Waals surface area contributed by atoms with E-state index in [-0.39, 0.29) is 5.91 Å². The Morgan fingerprint density at radius 3 is 2.72 bits per heavy atom. The van der Waals surface area contributed by atoms with Crippen LogP contribution in [0.5, 0.6) is 0 Å². The average Bonchev–Trinajstić information content (AvgIpc) is 2.95. The molecule has 0 unspecified atom stereocenters. The van der Waals surface area contributed by atoms with Gasteiger partial charge < -0.3 is 9.73 Å². The molecule has 0 saturated heterocycles. The minimum Gasteiger partial charge on any atom is -0.408 e. The van der Waals surface area contributed by atoms with E-state index in [1.54, 1.807) is 43.0 Å². The number of nitrogens with zero attached hydrogens (tertiary/aromatic N) is 1. The summed E-state index contributed by atoms with van der Waals surface area (Å²) in [5.74, 6) is -0.0223. The van der Waals surface area contributed by atoms with Crippen LogP contribution in [0.3, 0.4) is 0 Å². The lowest BCUT2D eigenvalue weighted by atomic mass is 10.2. The Hall–Kier alpha value is -2.18. The summed E-state index contributed by atoms with van der Waals surface area (Å²) in [6.45, 7) is 2.19. The Labute approximate surface area is 154 Å². The molecule has 3 aromatic rings. The zero-order valence-electron chi connectivity index (χ0n) is 13.6. The van der Waals surface area contributed by atoms with Gasteiger partial charge in [0.25, 0.3) is 0 Å². The first-order valence-corrected chi connectivity index (χ1v) is 9.19. The number of oxazole rings is 1. The number of benzene rings is 2. The first-order valence-electron chi connectivity index (χ1n) is 7.82. The Morgan fingerprint density at radius 2 is 1.96 bits per heavy atom. The van der Waals surface area contributed by atoms with Crippen molar-refractivity contribution in [2.24, 2.45) is 0 Å². The van der Waals surface area contributed by atoms with Crippen LogP contribution in [-0.2, 0) is 4.79 Å². The molecule has 1 atom stereocenters. The smallest absolute Gasteiger partial charge is 0.408 e. The zero-order chi connectivity index (χ0) is 17.8. The molecule has 1 amide bonds. The van der Waals surface area contributed by atoms with Crippen LogP contribution in [0, 0.1) is 0 Å². The minimum absolute atomic E-state index is 0.217. The van der Waals surface area contributed by atoms with Crippen molar-refractivity contribution in [2.45, 2.75) is 17.9 Å². The van der Waals surface area contributed by atoms with E-state index in [1.807, 2.05) is 24.3 Å². The van der Waals surface area contributed by atoms with Crippen molar-refractivity contribution < 1.29 is 9.21 Å². The first kappa shape index (κ1) is 17.6. The molecule has 25 heavy (non-hydrogen) atoms. The fraction of sp³-hybridized carbons (Fsp3) is 0.222. The second-order valence-electron chi connectivity index (χ2n) is 5.48. The fourth-order valence-corrected chi connectivity index (χ4v) is 3.38. The second-order valence-corrected chi connectivity index (χ2v) is 7.08. The van der Waals surface area contributed by atoms with Crippen molar-refractivity contribution in [3.05, 3.63) is 64.1 Å². The summed E-state index contributed by atoms with van der Waals surface area (Å²) in [5, 5.41) is 3.56. The molecule has 0 bridgehead atoms. The second kappa shape index (κ2) is 7.80. The SMILES string of the molecule is C[C@H](C(=O)NCCSc1ccc(Cl)cc1)n1c(=O)oc2ccccc21. The van der Waals surface area contributed by atoms with Crippen molar-refractivity contribution in [1.29, 1.82) is 0 Å². The molecule has 0 aliphatic heterocycles. The molecule has 0 aliphatic carbocycles. The summed E-state index contributed by atoms with van der Waals surface area (Å²) in [6, 6.07) is 14.0. The van der Waals surface area contributed by atoms with E-state index < -0.39 is 11.8 Å². The Morgan fingerprint density at radius 1 is 1.24 bits per heavy atom. The number of halogens is 1. The molecule has 0 fully saturated rings. The van der Waals surface area contributed by atoms with Crippen molar-refractivity contribution in [2.75, 3.05) is 12.3 Å². The number of hydrogen-bond acceptors (Lipinski definition) is 4. The molecule has 1 heterocycles. The molecule has 1 aromatic heterocycles. The van der Waals surface area contributed by atoms with Crippen LogP contribution in [0.15, 0.2) is 62.6 Å². The Balaban J connectivity index is 1.58. The summed E-state index contributed by atoms with van der Waals surface area (Å²) < 4.78 is 6.55. The normalized spacial score (nSPS) is 12.2. The molecule has 130 valence electrons. The quantitative estimate of drug-likeness (QED) is 0.526. The maximum absolute atomic E-state index is 12.4. The standard InChI is InChI=1S/C18H17ClN2O3S/c1-12(21-15-4-2-3-5-16(15)24-18(21)23)17(22)20-10-11-25-14-8-6-13(19)7-9-14/h2-9,12H,10-11H2,1H3,(H,20,22)/t12-/m1/s1. The summed E-state index contributed by atoms with van der Waals surface area (Å²) in [5.41, 5.74) is 1.09. The van der Waals surface area contributed by atoms with Gasteiger partial charge >= 0.3 is 5.76 Å². The molecule has 0 radical (unpaired) electrons. The molecule has 2 aromatic carbocycles. The lowest BCUT2D eigenvalue weighted by molar-refractivity contribution is -0.123. The largest absolute Gasteiger partial charge is 0.420 e. The van der Waals surface area contributed by atoms with Crippen molar-refractivity contribution in [3.63, 3.8) is 0 Å². The number of carbonyl (C=O) groups is 1. The minimum atomic E-state index is -0.642. The summed E-state index contributed by atoms with van der Waals surface area (Å²) in [6.07, 6.45) is 0. The van der Waals surface area contributed by atoms with Gasteiger partial charge in [0.15, 0.2) is 5.58 Å². The molecular formula is C18H17ClN2O3S. The highest BCUT2D eigenvalue weighted by molar-refractivity contribution is 7.99. The van der Waals surface area contributed by atoms with Gasteiger partial charge in [0.1, 0.15) is 6.04 Å². The number of hydrogen-bond donors (Lipinski definition) is 1. The number of amides is 1. The van der Waals surface area contributed by atoms with Crippen molar-refractivity contribution >= 4 is 40.4 Å². The highest BCUT2D eigenvalue weighted by atomic mass is 35.5. The van der Waals surface area contributed by atoms with Gasteiger partial charge in [-0.15, -0.1) is 11.8 Å². The number of aromatic nitrogens is 1. The number of nitrogens with one attached hydrogen (secondary N) is 1. The summed E-state index contributed by atoms with van der Waals surface area (Å²) >= 11 is 7.48. The van der Waals surface area contributed by atoms with Gasteiger partial charge in [0, 0.05) is 22.2 Å². The number of rotatable bonds is 6. The van der Waals surface area contributed by atoms with Crippen LogP contribution in [-0.4, -0.2) is 22.8 Å². The van der Waals surface area contributed by atoms with Gasteiger partial charge in [-0.2, -0.15) is 0 Å². The molecule has 5 nitrogen and oxygen atoms in total. The third kappa shape index (κ3) is 4.08. The van der Waals surface area contributed by atoms with Gasteiger partial charge in [0.2, 0.25) is 5.91 Å². The topological polar surface area (TPSA) is 64.2 Å². The van der Waals surface area contributed by atoms with Crippen LogP contribution in [0.25, 0.3) is 11.1 Å². The van der Waals surface area contributed by atoms with Gasteiger partial charge in [-0.05, 0) is 43.3 Å². The fourth-order valence-electron chi connectivity index (χ4n) is 2.49. The van der Waals surface area contributed by atoms with Crippen molar-refractivity contribution in [1.82, 2.24) is 9.88 Å². The van der Waals surface area contributed by atoms with E-state index in [4.69, 9.17) is 16.0 Å². The average molecular weight is 377 g/mol. The molecular weight excluding hydrogens is 360 g/mol. The maximum Gasteiger partial charge on any atom is 0.420 e. The van der Waals surface area contributed by atoms with E-state index in [0.29, 0.717) is 22.7 Å². The predicted molar refractivity (Wildman–Crippen MR) is 100 cm³/mol. The highest BCUT2D eigenvalue weighted by Crippen LogP contribution is 2.20. The third-order valence-corrected chi connectivity index (χ3v) is 5.03.